The molecule has 1 amide bonds. The van der Waals surface area contributed by atoms with E-state index in [4.69, 9.17) is 11.5 Å². The van der Waals surface area contributed by atoms with Crippen molar-refractivity contribution in [1.82, 2.24) is 25.1 Å². The summed E-state index contributed by atoms with van der Waals surface area (Å²) in [6.07, 6.45) is 1.18. The van der Waals surface area contributed by atoms with Crippen LogP contribution in [-0.2, 0) is 11.2 Å². The highest BCUT2D eigenvalue weighted by atomic mass is 16.1. The third-order valence-electron chi connectivity index (χ3n) is 1.66. The largest absolute Gasteiger partial charge is 0.382 e. The fourth-order valence-electron chi connectivity index (χ4n) is 1.05. The van der Waals surface area contributed by atoms with E-state index in [1.165, 1.54) is 6.33 Å². The van der Waals surface area contributed by atoms with Crippen LogP contribution >= 0.6 is 0 Å². The number of hydrogen-bond donors (Lipinski definition) is 2. The second kappa shape index (κ2) is 3.40. The van der Waals surface area contributed by atoms with Crippen LogP contribution in [0.3, 0.4) is 0 Å². The van der Waals surface area contributed by atoms with Gasteiger partial charge in [-0.3, -0.25) is 4.79 Å². The highest BCUT2D eigenvalue weighted by Gasteiger charge is 2.08. The first kappa shape index (κ1) is 9.19. The van der Waals surface area contributed by atoms with Crippen molar-refractivity contribution >= 4 is 22.9 Å². The number of nitrogens with two attached hydrogens (primary N) is 2. The Hall–Kier alpha value is -2.38. The van der Waals surface area contributed by atoms with Gasteiger partial charge in [0, 0.05) is 0 Å². The van der Waals surface area contributed by atoms with E-state index in [0.717, 1.165) is 0 Å². The second-order valence-electron chi connectivity index (χ2n) is 2.80. The molecule has 0 aromatic carbocycles. The van der Waals surface area contributed by atoms with E-state index >= 15 is 0 Å². The zero-order valence-electron chi connectivity index (χ0n) is 7.58. The van der Waals surface area contributed by atoms with Gasteiger partial charge in [-0.25, -0.2) is 15.0 Å². The van der Waals surface area contributed by atoms with Gasteiger partial charge in [0.1, 0.15) is 6.33 Å². The molecule has 4 N–H and O–H groups in total. The minimum Gasteiger partial charge on any atom is -0.382 e. The molecular weight excluding hydrogens is 198 g/mol. The molecule has 0 saturated heterocycles. The van der Waals surface area contributed by atoms with Crippen LogP contribution in [0.25, 0.3) is 11.2 Å². The van der Waals surface area contributed by atoms with Crippen molar-refractivity contribution in [3.05, 3.63) is 12.2 Å². The maximum Gasteiger partial charge on any atom is 0.225 e. The molecule has 8 nitrogen and oxygen atoms in total. The second-order valence-corrected chi connectivity index (χ2v) is 2.80. The Morgan fingerprint density at radius 1 is 1.33 bits per heavy atom. The maximum absolute atomic E-state index is 10.6. The van der Waals surface area contributed by atoms with Crippen molar-refractivity contribution < 1.29 is 4.79 Å². The van der Waals surface area contributed by atoms with Crippen LogP contribution in [0.15, 0.2) is 6.33 Å². The summed E-state index contributed by atoms with van der Waals surface area (Å²) in [4.78, 5) is 22.2. The topological polar surface area (TPSA) is 134 Å². The lowest BCUT2D eigenvalue weighted by atomic mass is 10.4. The molecule has 0 bridgehead atoms. The Morgan fingerprint density at radius 3 is 2.87 bits per heavy atom. The van der Waals surface area contributed by atoms with E-state index in [1.807, 2.05) is 0 Å². The number of anilines is 1. The first-order chi connectivity index (χ1) is 7.16. The van der Waals surface area contributed by atoms with Crippen LogP contribution in [0, 0.1) is 0 Å². The number of aromatic nitrogens is 5. The predicted molar refractivity (Wildman–Crippen MR) is 50.2 cm³/mol. The van der Waals surface area contributed by atoms with E-state index in [-0.39, 0.29) is 23.7 Å². The van der Waals surface area contributed by atoms with Crippen molar-refractivity contribution in [3.63, 3.8) is 0 Å². The van der Waals surface area contributed by atoms with Gasteiger partial charge in [0.2, 0.25) is 11.6 Å². The summed E-state index contributed by atoms with van der Waals surface area (Å²) < 4.78 is 0. The highest BCUT2D eigenvalue weighted by molar-refractivity contribution is 5.80. The molecule has 2 aromatic heterocycles. The van der Waals surface area contributed by atoms with Crippen LogP contribution in [0.1, 0.15) is 5.82 Å². The molecule has 0 radical (unpaired) electrons. The SMILES string of the molecule is NC(=O)Cc1nnc2ncnc(N)c2n1. The van der Waals surface area contributed by atoms with Gasteiger partial charge in [0.15, 0.2) is 17.2 Å². The van der Waals surface area contributed by atoms with Gasteiger partial charge in [-0.2, -0.15) is 0 Å². The first-order valence-electron chi connectivity index (χ1n) is 4.05. The Balaban J connectivity index is 2.54. The van der Waals surface area contributed by atoms with E-state index in [9.17, 15) is 4.79 Å². The fraction of sp³-hybridized carbons (Fsp3) is 0.143. The third kappa shape index (κ3) is 1.77. The first-order valence-corrected chi connectivity index (χ1v) is 4.05. The molecule has 2 rings (SSSR count). The van der Waals surface area contributed by atoms with Crippen LogP contribution in [0.2, 0.25) is 0 Å². The van der Waals surface area contributed by atoms with E-state index in [0.29, 0.717) is 5.52 Å². The van der Waals surface area contributed by atoms with Crippen molar-refractivity contribution in [1.29, 1.82) is 0 Å². The molecule has 0 atom stereocenters. The summed E-state index contributed by atoms with van der Waals surface area (Å²) in [7, 11) is 0. The monoisotopic (exact) mass is 205 g/mol. The number of primary amides is 1. The van der Waals surface area contributed by atoms with Crippen molar-refractivity contribution in [2.75, 3.05) is 5.73 Å². The number of nitrogens with zero attached hydrogens (tertiary/aromatic N) is 5. The fourth-order valence-corrected chi connectivity index (χ4v) is 1.05. The molecule has 0 unspecified atom stereocenters. The molecular formula is C7H7N7O. The number of rotatable bonds is 2. The number of carbonyl (C=O) groups excluding carboxylic acids is 1. The number of amides is 1. The summed E-state index contributed by atoms with van der Waals surface area (Å²) in [5.41, 5.74) is 11.2. The molecule has 0 saturated carbocycles. The lowest BCUT2D eigenvalue weighted by molar-refractivity contribution is -0.117. The number of hydrogen-bond acceptors (Lipinski definition) is 7. The summed E-state index contributed by atoms with van der Waals surface area (Å²) in [5, 5.41) is 7.42. The molecule has 76 valence electrons. The van der Waals surface area contributed by atoms with E-state index < -0.39 is 5.91 Å². The van der Waals surface area contributed by atoms with Crippen LogP contribution in [0.4, 0.5) is 5.82 Å². The van der Waals surface area contributed by atoms with Gasteiger partial charge in [-0.05, 0) is 0 Å². The minimum atomic E-state index is -0.536. The zero-order valence-corrected chi connectivity index (χ0v) is 7.58. The van der Waals surface area contributed by atoms with Gasteiger partial charge in [0.25, 0.3) is 0 Å². The van der Waals surface area contributed by atoms with Gasteiger partial charge in [-0.1, -0.05) is 0 Å². The van der Waals surface area contributed by atoms with Gasteiger partial charge >= 0.3 is 0 Å². The summed E-state index contributed by atoms with van der Waals surface area (Å²) in [5.74, 6) is -0.135. The molecule has 0 spiro atoms. The standard InChI is InChI=1S/C7H7N7O/c8-3(15)1-4-12-5-6(9)10-2-11-7(5)14-13-4/h2H,1H2,(H2,8,15)(H2,9,10,11,14). The van der Waals surface area contributed by atoms with Crippen molar-refractivity contribution in [3.8, 4) is 0 Å². The predicted octanol–water partition coefficient (Wildman–Crippen LogP) is -1.58. The van der Waals surface area contributed by atoms with Gasteiger partial charge < -0.3 is 11.5 Å². The molecule has 2 aromatic rings. The smallest absolute Gasteiger partial charge is 0.225 e. The van der Waals surface area contributed by atoms with Crippen LogP contribution < -0.4 is 11.5 Å². The zero-order chi connectivity index (χ0) is 10.8. The number of nitrogen functional groups attached to an aromatic ring is 1. The molecule has 0 aliphatic heterocycles. The maximum atomic E-state index is 10.6. The Morgan fingerprint density at radius 2 is 2.13 bits per heavy atom. The molecule has 8 heteroatoms. The Kier molecular flexibility index (Phi) is 2.08. The van der Waals surface area contributed by atoms with Crippen molar-refractivity contribution in [2.24, 2.45) is 5.73 Å². The molecule has 2 heterocycles. The summed E-state index contributed by atoms with van der Waals surface area (Å²) >= 11 is 0. The third-order valence-corrected chi connectivity index (χ3v) is 1.66. The van der Waals surface area contributed by atoms with Crippen LogP contribution in [-0.4, -0.2) is 31.1 Å². The van der Waals surface area contributed by atoms with Gasteiger partial charge in [-0.15, -0.1) is 10.2 Å². The van der Waals surface area contributed by atoms with E-state index in [1.54, 1.807) is 0 Å². The minimum absolute atomic E-state index is 0.0860. The quantitative estimate of drug-likeness (QED) is 0.604. The average molecular weight is 205 g/mol. The van der Waals surface area contributed by atoms with E-state index in [2.05, 4.69) is 25.1 Å². The Bertz CT molecular complexity index is 526. The van der Waals surface area contributed by atoms with Crippen LogP contribution in [0.5, 0.6) is 0 Å². The molecule has 0 aliphatic carbocycles. The molecule has 0 aliphatic rings. The lowest BCUT2D eigenvalue weighted by Crippen LogP contribution is -2.16. The lowest BCUT2D eigenvalue weighted by Gasteiger charge is -1.99. The normalized spacial score (nSPS) is 10.4. The summed E-state index contributed by atoms with van der Waals surface area (Å²) in [6, 6.07) is 0. The molecule has 15 heavy (non-hydrogen) atoms. The average Bonchev–Trinajstić information content (AvgIpc) is 2.18. The summed E-state index contributed by atoms with van der Waals surface area (Å²) in [6.45, 7) is 0. The Labute approximate surface area is 83.8 Å². The highest BCUT2D eigenvalue weighted by Crippen LogP contribution is 2.09. The molecule has 0 fully saturated rings. The van der Waals surface area contributed by atoms with Gasteiger partial charge in [0.05, 0.1) is 6.42 Å². The number of fused-ring (bicyclic) bond motifs is 1. The number of carbonyl (C=O) groups is 1. The van der Waals surface area contributed by atoms with Crippen molar-refractivity contribution in [2.45, 2.75) is 6.42 Å².